The van der Waals surface area contributed by atoms with E-state index in [2.05, 4.69) is 52.0 Å². The van der Waals surface area contributed by atoms with Crippen LogP contribution < -0.4 is 0 Å². The minimum Gasteiger partial charge on any atom is -0.494 e. The zero-order valence-electron chi connectivity index (χ0n) is 21.6. The summed E-state index contributed by atoms with van der Waals surface area (Å²) in [5.74, 6) is 3.55. The highest BCUT2D eigenvalue weighted by atomic mass is 16.5. The Kier molecular flexibility index (Phi) is 9.21. The molecule has 3 nitrogen and oxygen atoms in total. The summed E-state index contributed by atoms with van der Waals surface area (Å²) in [6.45, 7) is 11.7. The fraction of sp³-hybridized carbons (Fsp3) is 0.700. The maximum absolute atomic E-state index is 11.9. The molecule has 0 bridgehead atoms. The van der Waals surface area contributed by atoms with Crippen LogP contribution in [-0.2, 0) is 9.53 Å². The molecule has 0 radical (unpaired) electrons. The van der Waals surface area contributed by atoms with Crippen molar-refractivity contribution in [3.05, 3.63) is 47.3 Å². The summed E-state index contributed by atoms with van der Waals surface area (Å²) >= 11 is 0. The second-order valence-corrected chi connectivity index (χ2v) is 10.8. The van der Waals surface area contributed by atoms with Gasteiger partial charge >= 0.3 is 0 Å². The predicted octanol–water partition coefficient (Wildman–Crippen LogP) is 7.33. The number of carbonyl (C=O) groups is 1. The number of aliphatic hydroxyl groups is 1. The third kappa shape index (κ3) is 6.10. The smallest absolute Gasteiger partial charge is 0.155 e. The molecule has 0 amide bonds. The molecule has 0 aromatic rings. The molecule has 3 rings (SSSR count). The van der Waals surface area contributed by atoms with Crippen molar-refractivity contribution in [3.63, 3.8) is 0 Å². The van der Waals surface area contributed by atoms with Gasteiger partial charge in [-0.2, -0.15) is 0 Å². The van der Waals surface area contributed by atoms with E-state index in [9.17, 15) is 9.90 Å². The standard InChI is InChI=1S/C30H46O3/c1-6-24-20-27(32)13-12-26(24)19-25-14-15-30(23(5)31,29(7-2)22(25)4)16-17-33-28-11-9-8-10-21(3)18-28/h8,10-11,18,20,22-23,25-26,29,31H,6-7,9,12-17,19H2,1-5H3. The summed E-state index contributed by atoms with van der Waals surface area (Å²) in [5, 5.41) is 11.0. The zero-order valence-corrected chi connectivity index (χ0v) is 21.6. The Morgan fingerprint density at radius 3 is 2.73 bits per heavy atom. The molecule has 0 aromatic heterocycles. The van der Waals surface area contributed by atoms with Crippen molar-refractivity contribution in [2.45, 2.75) is 98.5 Å². The van der Waals surface area contributed by atoms with Crippen LogP contribution in [0.2, 0.25) is 0 Å². The molecule has 0 saturated heterocycles. The van der Waals surface area contributed by atoms with Crippen molar-refractivity contribution in [3.8, 4) is 0 Å². The van der Waals surface area contributed by atoms with E-state index >= 15 is 0 Å². The Morgan fingerprint density at radius 2 is 2.03 bits per heavy atom. The second kappa shape index (κ2) is 11.7. The molecule has 6 unspecified atom stereocenters. The lowest BCUT2D eigenvalue weighted by Crippen LogP contribution is -2.49. The molecule has 1 N–H and O–H groups in total. The van der Waals surface area contributed by atoms with Crippen molar-refractivity contribution in [1.82, 2.24) is 0 Å². The van der Waals surface area contributed by atoms with Gasteiger partial charge in [-0.1, -0.05) is 44.9 Å². The quantitative estimate of drug-likeness (QED) is 0.397. The molecule has 3 aliphatic rings. The van der Waals surface area contributed by atoms with Gasteiger partial charge in [0.1, 0.15) is 5.76 Å². The van der Waals surface area contributed by atoms with Crippen LogP contribution >= 0.6 is 0 Å². The average molecular weight is 455 g/mol. The van der Waals surface area contributed by atoms with Crippen LogP contribution in [0.1, 0.15) is 92.4 Å². The van der Waals surface area contributed by atoms with Crippen LogP contribution in [0.3, 0.4) is 0 Å². The van der Waals surface area contributed by atoms with E-state index in [1.54, 1.807) is 0 Å². The first-order valence-corrected chi connectivity index (χ1v) is 13.4. The topological polar surface area (TPSA) is 46.5 Å². The first-order chi connectivity index (χ1) is 15.8. The van der Waals surface area contributed by atoms with E-state index in [0.717, 1.165) is 50.7 Å². The fourth-order valence-corrected chi connectivity index (χ4v) is 7.06. The van der Waals surface area contributed by atoms with Gasteiger partial charge in [0.25, 0.3) is 0 Å². The molecule has 6 atom stereocenters. The van der Waals surface area contributed by atoms with Crippen LogP contribution in [0.15, 0.2) is 47.3 Å². The van der Waals surface area contributed by atoms with Crippen molar-refractivity contribution in [1.29, 1.82) is 0 Å². The first-order valence-electron chi connectivity index (χ1n) is 13.4. The van der Waals surface area contributed by atoms with Crippen molar-refractivity contribution in [2.24, 2.45) is 29.1 Å². The third-order valence-corrected chi connectivity index (χ3v) is 9.02. The highest BCUT2D eigenvalue weighted by Gasteiger charge is 2.49. The molecular formula is C30H46O3. The zero-order chi connectivity index (χ0) is 24.0. The Hall–Kier alpha value is -1.61. The lowest BCUT2D eigenvalue weighted by Gasteiger charge is -2.53. The van der Waals surface area contributed by atoms with E-state index in [1.165, 1.54) is 17.6 Å². The van der Waals surface area contributed by atoms with E-state index in [1.807, 2.05) is 13.0 Å². The second-order valence-electron chi connectivity index (χ2n) is 10.8. The van der Waals surface area contributed by atoms with E-state index in [4.69, 9.17) is 4.74 Å². The summed E-state index contributed by atoms with van der Waals surface area (Å²) < 4.78 is 6.22. The Morgan fingerprint density at radius 1 is 1.24 bits per heavy atom. The monoisotopic (exact) mass is 454 g/mol. The van der Waals surface area contributed by atoms with E-state index < -0.39 is 0 Å². The number of rotatable bonds is 9. The minimum absolute atomic E-state index is 0.0844. The number of ketones is 1. The van der Waals surface area contributed by atoms with Crippen LogP contribution in [0.5, 0.6) is 0 Å². The van der Waals surface area contributed by atoms with Crippen molar-refractivity contribution < 1.29 is 14.6 Å². The van der Waals surface area contributed by atoms with E-state index in [-0.39, 0.29) is 11.5 Å². The van der Waals surface area contributed by atoms with Crippen molar-refractivity contribution >= 4 is 5.78 Å². The van der Waals surface area contributed by atoms with Crippen LogP contribution in [0.25, 0.3) is 0 Å². The molecule has 1 saturated carbocycles. The van der Waals surface area contributed by atoms with Crippen LogP contribution in [-0.4, -0.2) is 23.6 Å². The van der Waals surface area contributed by atoms with Gasteiger partial charge < -0.3 is 9.84 Å². The highest BCUT2D eigenvalue weighted by Crippen LogP contribution is 2.54. The van der Waals surface area contributed by atoms with Gasteiger partial charge in [0.05, 0.1) is 12.7 Å². The van der Waals surface area contributed by atoms with Gasteiger partial charge in [0, 0.05) is 11.8 Å². The van der Waals surface area contributed by atoms with Crippen LogP contribution in [0.4, 0.5) is 0 Å². The van der Waals surface area contributed by atoms with Gasteiger partial charge in [-0.25, -0.2) is 0 Å². The normalized spacial score (nSPS) is 33.6. The number of allylic oxidation sites excluding steroid dienone is 7. The summed E-state index contributed by atoms with van der Waals surface area (Å²) in [5.41, 5.74) is 2.50. The third-order valence-electron chi connectivity index (χ3n) is 9.02. The first kappa shape index (κ1) is 26.0. The average Bonchev–Trinajstić information content (AvgIpc) is 3.00. The molecule has 0 heterocycles. The molecule has 184 valence electrons. The number of aliphatic hydroxyl groups excluding tert-OH is 1. The summed E-state index contributed by atoms with van der Waals surface area (Å²) in [6, 6.07) is 0. The van der Waals surface area contributed by atoms with Gasteiger partial charge in [-0.05, 0) is 106 Å². The Bertz CT molecular complexity index is 799. The predicted molar refractivity (Wildman–Crippen MR) is 137 cm³/mol. The Labute approximate surface area is 202 Å². The fourth-order valence-electron chi connectivity index (χ4n) is 7.06. The molecule has 3 aliphatic carbocycles. The molecule has 0 aromatic carbocycles. The van der Waals surface area contributed by atoms with Crippen LogP contribution in [0, 0.1) is 29.1 Å². The molecule has 3 heteroatoms. The number of hydrogen-bond acceptors (Lipinski definition) is 3. The molecule has 0 spiro atoms. The molecule has 0 aliphatic heterocycles. The number of hydrogen-bond donors (Lipinski definition) is 1. The number of ether oxygens (including phenoxy) is 1. The largest absolute Gasteiger partial charge is 0.494 e. The maximum atomic E-state index is 11.9. The van der Waals surface area contributed by atoms with Gasteiger partial charge in [-0.15, -0.1) is 0 Å². The molecule has 1 fully saturated rings. The van der Waals surface area contributed by atoms with Gasteiger partial charge in [0.2, 0.25) is 0 Å². The van der Waals surface area contributed by atoms with E-state index in [0.29, 0.717) is 42.5 Å². The summed E-state index contributed by atoms with van der Waals surface area (Å²) in [7, 11) is 0. The minimum atomic E-state index is -0.338. The maximum Gasteiger partial charge on any atom is 0.155 e. The van der Waals surface area contributed by atoms with Crippen molar-refractivity contribution in [2.75, 3.05) is 6.61 Å². The van der Waals surface area contributed by atoms with Gasteiger partial charge in [-0.3, -0.25) is 4.79 Å². The Balaban J connectivity index is 1.68. The summed E-state index contributed by atoms with van der Waals surface area (Å²) in [6.07, 6.45) is 19.2. The highest BCUT2D eigenvalue weighted by molar-refractivity contribution is 5.91. The number of carbonyl (C=O) groups excluding carboxylic acids is 1. The molecule has 33 heavy (non-hydrogen) atoms. The summed E-state index contributed by atoms with van der Waals surface area (Å²) in [4.78, 5) is 11.9. The molecular weight excluding hydrogens is 408 g/mol. The van der Waals surface area contributed by atoms with Gasteiger partial charge in [0.15, 0.2) is 5.78 Å². The lowest BCUT2D eigenvalue weighted by molar-refractivity contribution is -0.115. The lowest BCUT2D eigenvalue weighted by atomic mass is 9.53. The SMILES string of the molecule is CCC1=CC(=O)CCC1CC1CCC(CCOC2=CCC=CC(C)=C2)(C(C)O)C(CC)C1C.